The summed E-state index contributed by atoms with van der Waals surface area (Å²) in [6, 6.07) is 11.5. The number of hydrogen-bond donors (Lipinski definition) is 3. The zero-order valence-electron chi connectivity index (χ0n) is 16.2. The van der Waals surface area contributed by atoms with Crippen molar-refractivity contribution in [2.75, 3.05) is 10.6 Å². The Hall–Kier alpha value is -3.88. The Labute approximate surface area is 167 Å². The first kappa shape index (κ1) is 19.9. The molecular formula is C20H21N5O4. The minimum atomic E-state index is -0.365. The Morgan fingerprint density at radius 2 is 1.76 bits per heavy atom. The summed E-state index contributed by atoms with van der Waals surface area (Å²) in [6.45, 7) is 5.16. The highest BCUT2D eigenvalue weighted by atomic mass is 16.5. The summed E-state index contributed by atoms with van der Waals surface area (Å²) in [5, 5.41) is 11.8. The number of anilines is 2. The van der Waals surface area contributed by atoms with Crippen LogP contribution in [0.15, 0.2) is 48.7 Å². The number of rotatable bonds is 7. The molecule has 3 aromatic rings. The first-order valence-electron chi connectivity index (χ1n) is 8.94. The number of aromatic amines is 1. The molecule has 0 spiro atoms. The second kappa shape index (κ2) is 8.87. The van der Waals surface area contributed by atoms with Gasteiger partial charge in [-0.15, -0.1) is 0 Å². The summed E-state index contributed by atoms with van der Waals surface area (Å²) in [5.74, 6) is 0.901. The molecule has 0 saturated carbocycles. The third kappa shape index (κ3) is 5.80. The summed E-state index contributed by atoms with van der Waals surface area (Å²) in [4.78, 5) is 28.0. The molecule has 0 atom stereocenters. The van der Waals surface area contributed by atoms with Crippen molar-refractivity contribution in [3.05, 3.63) is 54.2 Å². The number of amides is 2. The molecule has 0 aliphatic rings. The molecule has 0 radical (unpaired) electrons. The van der Waals surface area contributed by atoms with Crippen LogP contribution in [0.1, 0.15) is 31.1 Å². The highest BCUT2D eigenvalue weighted by Crippen LogP contribution is 2.26. The maximum absolute atomic E-state index is 12.6. The molecule has 9 nitrogen and oxygen atoms in total. The molecule has 2 amide bonds. The summed E-state index contributed by atoms with van der Waals surface area (Å²) in [5.41, 5.74) is 0.962. The van der Waals surface area contributed by atoms with Gasteiger partial charge in [-0.25, -0.2) is 0 Å². The molecule has 0 aliphatic heterocycles. The van der Waals surface area contributed by atoms with E-state index < -0.39 is 0 Å². The predicted octanol–water partition coefficient (Wildman–Crippen LogP) is 3.59. The molecule has 2 aromatic heterocycles. The fourth-order valence-electron chi connectivity index (χ4n) is 2.42. The molecule has 0 fully saturated rings. The molecule has 3 rings (SSSR count). The SMILES string of the molecule is CC(=O)Nc1ccc(Oc2cc(C(=O)Nc3ccn[nH]3)cc(OC(C)C)n2)cc1. The van der Waals surface area contributed by atoms with Crippen molar-refractivity contribution in [3.63, 3.8) is 0 Å². The van der Waals surface area contributed by atoms with E-state index in [9.17, 15) is 9.59 Å². The van der Waals surface area contributed by atoms with E-state index in [0.29, 0.717) is 22.8 Å². The Kier molecular flexibility index (Phi) is 6.08. The summed E-state index contributed by atoms with van der Waals surface area (Å²) in [7, 11) is 0. The fraction of sp³-hybridized carbons (Fsp3) is 0.200. The van der Waals surface area contributed by atoms with Gasteiger partial charge in [0.25, 0.3) is 5.91 Å². The van der Waals surface area contributed by atoms with Crippen molar-refractivity contribution in [2.24, 2.45) is 0 Å². The van der Waals surface area contributed by atoms with Crippen LogP contribution in [0.2, 0.25) is 0 Å². The van der Waals surface area contributed by atoms with Gasteiger partial charge >= 0.3 is 0 Å². The van der Waals surface area contributed by atoms with Gasteiger partial charge in [0.2, 0.25) is 17.7 Å². The Bertz CT molecular complexity index is 985. The number of benzene rings is 1. The van der Waals surface area contributed by atoms with Crippen LogP contribution < -0.4 is 20.1 Å². The van der Waals surface area contributed by atoms with Crippen LogP contribution >= 0.6 is 0 Å². The van der Waals surface area contributed by atoms with E-state index in [4.69, 9.17) is 9.47 Å². The predicted molar refractivity (Wildman–Crippen MR) is 107 cm³/mol. The summed E-state index contributed by atoms with van der Waals surface area (Å²) in [6.07, 6.45) is 1.41. The number of carbonyl (C=O) groups excluding carboxylic acids is 2. The lowest BCUT2D eigenvalue weighted by Gasteiger charge is -2.13. The largest absolute Gasteiger partial charge is 0.475 e. The average molecular weight is 395 g/mol. The smallest absolute Gasteiger partial charge is 0.257 e. The van der Waals surface area contributed by atoms with Crippen molar-refractivity contribution in [3.8, 4) is 17.5 Å². The second-order valence-electron chi connectivity index (χ2n) is 6.43. The number of carbonyl (C=O) groups is 2. The molecule has 0 bridgehead atoms. The lowest BCUT2D eigenvalue weighted by Crippen LogP contribution is -2.14. The molecule has 0 unspecified atom stereocenters. The monoisotopic (exact) mass is 395 g/mol. The fourth-order valence-corrected chi connectivity index (χ4v) is 2.42. The summed E-state index contributed by atoms with van der Waals surface area (Å²) >= 11 is 0. The molecule has 29 heavy (non-hydrogen) atoms. The Balaban J connectivity index is 1.82. The molecule has 2 heterocycles. The standard InChI is InChI=1S/C20H21N5O4/c1-12(2)28-18-10-14(20(27)23-17-8-9-21-25-17)11-19(24-18)29-16-6-4-15(5-7-16)22-13(3)26/h4-12H,1-3H3,(H,22,26)(H2,21,23,25,27). The van der Waals surface area contributed by atoms with E-state index in [1.165, 1.54) is 19.2 Å². The van der Waals surface area contributed by atoms with Crippen molar-refractivity contribution >= 4 is 23.3 Å². The Morgan fingerprint density at radius 3 is 2.38 bits per heavy atom. The van der Waals surface area contributed by atoms with Gasteiger partial charge in [0.1, 0.15) is 11.6 Å². The number of nitrogens with zero attached hydrogens (tertiary/aromatic N) is 2. The van der Waals surface area contributed by atoms with Gasteiger partial charge in [0.15, 0.2) is 0 Å². The third-order valence-corrected chi connectivity index (χ3v) is 3.54. The Morgan fingerprint density at radius 1 is 1.03 bits per heavy atom. The number of ether oxygens (including phenoxy) is 2. The lowest BCUT2D eigenvalue weighted by atomic mass is 10.2. The molecule has 1 aromatic carbocycles. The van der Waals surface area contributed by atoms with E-state index in [1.54, 1.807) is 36.4 Å². The van der Waals surface area contributed by atoms with Crippen LogP contribution in [0.5, 0.6) is 17.5 Å². The van der Waals surface area contributed by atoms with Gasteiger partial charge in [-0.1, -0.05) is 0 Å². The van der Waals surface area contributed by atoms with Gasteiger partial charge in [-0.3, -0.25) is 14.7 Å². The van der Waals surface area contributed by atoms with Gasteiger partial charge in [-0.2, -0.15) is 10.1 Å². The highest BCUT2D eigenvalue weighted by Gasteiger charge is 2.14. The topological polar surface area (TPSA) is 118 Å². The number of hydrogen-bond acceptors (Lipinski definition) is 6. The summed E-state index contributed by atoms with van der Waals surface area (Å²) < 4.78 is 11.4. The normalized spacial score (nSPS) is 10.5. The van der Waals surface area contributed by atoms with Crippen LogP contribution in [-0.4, -0.2) is 33.1 Å². The molecule has 9 heteroatoms. The van der Waals surface area contributed by atoms with E-state index in [-0.39, 0.29) is 29.7 Å². The van der Waals surface area contributed by atoms with E-state index >= 15 is 0 Å². The quantitative estimate of drug-likeness (QED) is 0.563. The molecule has 150 valence electrons. The van der Waals surface area contributed by atoms with Gasteiger partial charge < -0.3 is 20.1 Å². The number of H-pyrrole nitrogens is 1. The van der Waals surface area contributed by atoms with E-state index in [0.717, 1.165) is 0 Å². The van der Waals surface area contributed by atoms with Crippen LogP contribution in [-0.2, 0) is 4.79 Å². The minimum Gasteiger partial charge on any atom is -0.475 e. The number of aromatic nitrogens is 3. The van der Waals surface area contributed by atoms with Crippen LogP contribution in [0.3, 0.4) is 0 Å². The maximum atomic E-state index is 12.6. The van der Waals surface area contributed by atoms with E-state index in [1.807, 2.05) is 13.8 Å². The van der Waals surface area contributed by atoms with Crippen molar-refractivity contribution in [2.45, 2.75) is 26.9 Å². The van der Waals surface area contributed by atoms with Crippen molar-refractivity contribution < 1.29 is 19.1 Å². The van der Waals surface area contributed by atoms with Gasteiger partial charge in [0.05, 0.1) is 17.9 Å². The first-order chi connectivity index (χ1) is 13.9. The lowest BCUT2D eigenvalue weighted by molar-refractivity contribution is -0.114. The van der Waals surface area contributed by atoms with Crippen molar-refractivity contribution in [1.82, 2.24) is 15.2 Å². The zero-order valence-corrected chi connectivity index (χ0v) is 16.2. The van der Waals surface area contributed by atoms with Crippen LogP contribution in [0, 0.1) is 0 Å². The minimum absolute atomic E-state index is 0.127. The molecule has 3 N–H and O–H groups in total. The van der Waals surface area contributed by atoms with Gasteiger partial charge in [-0.05, 0) is 38.1 Å². The number of nitrogens with one attached hydrogen (secondary N) is 3. The van der Waals surface area contributed by atoms with E-state index in [2.05, 4.69) is 25.8 Å². The maximum Gasteiger partial charge on any atom is 0.257 e. The second-order valence-corrected chi connectivity index (χ2v) is 6.43. The molecule has 0 aliphatic carbocycles. The molecule has 0 saturated heterocycles. The average Bonchev–Trinajstić information content (AvgIpc) is 3.15. The van der Waals surface area contributed by atoms with Crippen LogP contribution in [0.4, 0.5) is 11.5 Å². The van der Waals surface area contributed by atoms with Crippen molar-refractivity contribution in [1.29, 1.82) is 0 Å². The first-order valence-corrected chi connectivity index (χ1v) is 8.94. The van der Waals surface area contributed by atoms with Crippen LogP contribution in [0.25, 0.3) is 0 Å². The zero-order chi connectivity index (χ0) is 20.8. The number of pyridine rings is 1. The van der Waals surface area contributed by atoms with Gasteiger partial charge in [0, 0.05) is 30.8 Å². The highest BCUT2D eigenvalue weighted by molar-refractivity contribution is 6.04. The third-order valence-electron chi connectivity index (χ3n) is 3.54. The molecular weight excluding hydrogens is 374 g/mol.